The standard InChI is InChI=1S/C30H36F2N4O4S/c1-5-22(2)33-30(38)28(19-23-13-7-6-8-14-23)35(20-24-15-9-10-16-25(24)31)29(37)21-36(41(39,40)34(3)4)27-18-12-11-17-26(27)32/h6-18,22,28H,5,19-21H2,1-4H3,(H,33,38). The van der Waals surface area contributed by atoms with Gasteiger partial charge in [-0.15, -0.1) is 0 Å². The summed E-state index contributed by atoms with van der Waals surface area (Å²) in [6.07, 6.45) is 0.719. The van der Waals surface area contributed by atoms with Crippen LogP contribution >= 0.6 is 0 Å². The number of hydrogen-bond acceptors (Lipinski definition) is 4. The van der Waals surface area contributed by atoms with Gasteiger partial charge in [0.25, 0.3) is 0 Å². The number of amides is 2. The minimum atomic E-state index is -4.35. The first-order valence-corrected chi connectivity index (χ1v) is 14.7. The van der Waals surface area contributed by atoms with E-state index in [4.69, 9.17) is 0 Å². The van der Waals surface area contributed by atoms with Crippen LogP contribution in [0.25, 0.3) is 0 Å². The first kappa shape index (κ1) is 31.7. The van der Waals surface area contributed by atoms with Crippen LogP contribution in [0.4, 0.5) is 14.5 Å². The summed E-state index contributed by atoms with van der Waals surface area (Å²) in [5.41, 5.74) is 0.558. The predicted molar refractivity (Wildman–Crippen MR) is 155 cm³/mol. The highest BCUT2D eigenvalue weighted by atomic mass is 32.2. The number of rotatable bonds is 13. The minimum absolute atomic E-state index is 0.0867. The molecule has 0 radical (unpaired) electrons. The van der Waals surface area contributed by atoms with Gasteiger partial charge in [-0.25, -0.2) is 13.1 Å². The maximum atomic E-state index is 14.9. The lowest BCUT2D eigenvalue weighted by atomic mass is 10.0. The van der Waals surface area contributed by atoms with Crippen molar-refractivity contribution < 1.29 is 26.8 Å². The summed E-state index contributed by atoms with van der Waals surface area (Å²) in [5.74, 6) is -2.71. The maximum Gasteiger partial charge on any atom is 0.304 e. The normalized spacial score (nSPS) is 13.0. The molecule has 0 aliphatic heterocycles. The van der Waals surface area contributed by atoms with E-state index >= 15 is 0 Å². The lowest BCUT2D eigenvalue weighted by Gasteiger charge is -2.35. The Bertz CT molecular complexity index is 1440. The smallest absolute Gasteiger partial charge is 0.304 e. The maximum absolute atomic E-state index is 14.9. The summed E-state index contributed by atoms with van der Waals surface area (Å²) in [4.78, 5) is 28.9. The van der Waals surface area contributed by atoms with E-state index in [1.54, 1.807) is 30.3 Å². The number of carbonyl (C=O) groups excluding carboxylic acids is 2. The molecule has 0 spiro atoms. The number of benzene rings is 3. The molecule has 0 aliphatic rings. The van der Waals surface area contributed by atoms with Gasteiger partial charge in [0.05, 0.1) is 5.69 Å². The molecule has 0 saturated heterocycles. The molecule has 0 heterocycles. The summed E-state index contributed by atoms with van der Waals surface area (Å²) in [6, 6.07) is 18.7. The Hall–Kier alpha value is -3.83. The van der Waals surface area contributed by atoms with Crippen molar-refractivity contribution in [1.82, 2.24) is 14.5 Å². The summed E-state index contributed by atoms with van der Waals surface area (Å²) < 4.78 is 57.9. The van der Waals surface area contributed by atoms with Crippen LogP contribution in [0.3, 0.4) is 0 Å². The molecule has 0 aromatic heterocycles. The molecule has 0 saturated carbocycles. The van der Waals surface area contributed by atoms with Crippen LogP contribution in [0, 0.1) is 11.6 Å². The van der Waals surface area contributed by atoms with Crippen LogP contribution in [0.2, 0.25) is 0 Å². The van der Waals surface area contributed by atoms with E-state index in [2.05, 4.69) is 5.32 Å². The van der Waals surface area contributed by atoms with Gasteiger partial charge < -0.3 is 10.2 Å². The quantitative estimate of drug-likeness (QED) is 0.326. The zero-order valence-corrected chi connectivity index (χ0v) is 24.4. The Morgan fingerprint density at radius 3 is 2.05 bits per heavy atom. The Balaban J connectivity index is 2.12. The first-order valence-electron chi connectivity index (χ1n) is 13.3. The largest absolute Gasteiger partial charge is 0.352 e. The van der Waals surface area contributed by atoms with Gasteiger partial charge in [0.15, 0.2) is 0 Å². The molecule has 41 heavy (non-hydrogen) atoms. The highest BCUT2D eigenvalue weighted by Gasteiger charge is 2.36. The van der Waals surface area contributed by atoms with Crippen LogP contribution in [0.5, 0.6) is 0 Å². The van der Waals surface area contributed by atoms with Gasteiger partial charge in [-0.05, 0) is 37.1 Å². The molecule has 2 unspecified atom stereocenters. The Kier molecular flexibility index (Phi) is 11.0. The van der Waals surface area contributed by atoms with Crippen LogP contribution < -0.4 is 9.62 Å². The Labute approximate surface area is 240 Å². The third-order valence-corrected chi connectivity index (χ3v) is 8.52. The van der Waals surface area contributed by atoms with Crippen molar-refractivity contribution in [2.24, 2.45) is 0 Å². The van der Waals surface area contributed by atoms with Crippen LogP contribution in [-0.4, -0.2) is 62.2 Å². The number of halogens is 2. The molecule has 0 fully saturated rings. The van der Waals surface area contributed by atoms with Gasteiger partial charge in [0.2, 0.25) is 11.8 Å². The number of nitrogens with one attached hydrogen (secondary N) is 1. The molecule has 8 nitrogen and oxygen atoms in total. The summed E-state index contributed by atoms with van der Waals surface area (Å²) in [7, 11) is -1.81. The van der Waals surface area contributed by atoms with Crippen molar-refractivity contribution in [1.29, 1.82) is 0 Å². The average molecular weight is 587 g/mol. The van der Waals surface area contributed by atoms with E-state index < -0.39 is 46.2 Å². The zero-order chi connectivity index (χ0) is 30.2. The number of nitrogens with zero attached hydrogens (tertiary/aromatic N) is 3. The average Bonchev–Trinajstić information content (AvgIpc) is 2.95. The lowest BCUT2D eigenvalue weighted by molar-refractivity contribution is -0.140. The van der Waals surface area contributed by atoms with Crippen molar-refractivity contribution in [2.45, 2.75) is 45.3 Å². The second kappa shape index (κ2) is 14.2. The fourth-order valence-corrected chi connectivity index (χ4v) is 5.23. The van der Waals surface area contributed by atoms with Crippen LogP contribution in [-0.2, 0) is 32.8 Å². The van der Waals surface area contributed by atoms with E-state index in [0.29, 0.717) is 10.7 Å². The summed E-state index contributed by atoms with van der Waals surface area (Å²) >= 11 is 0. The molecule has 3 aromatic carbocycles. The van der Waals surface area contributed by atoms with Crippen LogP contribution in [0.1, 0.15) is 31.4 Å². The number of hydrogen-bond donors (Lipinski definition) is 1. The molecule has 3 rings (SSSR count). The van der Waals surface area contributed by atoms with Gasteiger partial charge in [-0.1, -0.05) is 67.6 Å². The van der Waals surface area contributed by atoms with Crippen molar-refractivity contribution in [3.05, 3.63) is 102 Å². The molecular formula is C30H36F2N4O4S. The monoisotopic (exact) mass is 586 g/mol. The molecule has 0 aliphatic carbocycles. The highest BCUT2D eigenvalue weighted by molar-refractivity contribution is 7.90. The van der Waals surface area contributed by atoms with Crippen molar-refractivity contribution in [2.75, 3.05) is 24.9 Å². The molecule has 1 N–H and O–H groups in total. The SMILES string of the molecule is CCC(C)NC(=O)C(Cc1ccccc1)N(Cc1ccccc1F)C(=O)CN(c1ccccc1F)S(=O)(=O)N(C)C. The van der Waals surface area contributed by atoms with E-state index in [1.165, 1.54) is 55.4 Å². The zero-order valence-electron chi connectivity index (χ0n) is 23.6. The first-order chi connectivity index (χ1) is 19.4. The molecule has 2 atom stereocenters. The topological polar surface area (TPSA) is 90.0 Å². The van der Waals surface area contributed by atoms with Gasteiger partial charge in [0, 0.05) is 38.7 Å². The van der Waals surface area contributed by atoms with E-state index in [1.807, 2.05) is 19.9 Å². The Morgan fingerprint density at radius 2 is 1.46 bits per heavy atom. The molecule has 3 aromatic rings. The molecule has 0 bridgehead atoms. The van der Waals surface area contributed by atoms with Crippen LogP contribution in [0.15, 0.2) is 78.9 Å². The summed E-state index contributed by atoms with van der Waals surface area (Å²) in [5, 5.41) is 2.90. The second-order valence-electron chi connectivity index (χ2n) is 9.88. The third-order valence-electron chi connectivity index (χ3n) is 6.71. The third kappa shape index (κ3) is 8.11. The minimum Gasteiger partial charge on any atom is -0.352 e. The van der Waals surface area contributed by atoms with Gasteiger partial charge in [0.1, 0.15) is 24.2 Å². The van der Waals surface area contributed by atoms with Gasteiger partial charge >= 0.3 is 10.2 Å². The Morgan fingerprint density at radius 1 is 0.878 bits per heavy atom. The van der Waals surface area contributed by atoms with E-state index in [0.717, 1.165) is 15.9 Å². The van der Waals surface area contributed by atoms with E-state index in [9.17, 15) is 26.8 Å². The lowest BCUT2D eigenvalue weighted by Crippen LogP contribution is -2.55. The second-order valence-corrected chi connectivity index (χ2v) is 12.0. The highest BCUT2D eigenvalue weighted by Crippen LogP contribution is 2.24. The van der Waals surface area contributed by atoms with Crippen molar-refractivity contribution in [3.8, 4) is 0 Å². The predicted octanol–water partition coefficient (Wildman–Crippen LogP) is 4.13. The number of para-hydroxylation sites is 1. The number of carbonyl (C=O) groups is 2. The molecular weight excluding hydrogens is 550 g/mol. The van der Waals surface area contributed by atoms with Crippen molar-refractivity contribution in [3.63, 3.8) is 0 Å². The van der Waals surface area contributed by atoms with Gasteiger partial charge in [-0.2, -0.15) is 12.7 Å². The summed E-state index contributed by atoms with van der Waals surface area (Å²) in [6.45, 7) is 2.59. The van der Waals surface area contributed by atoms with Crippen molar-refractivity contribution >= 4 is 27.7 Å². The van der Waals surface area contributed by atoms with Gasteiger partial charge in [-0.3, -0.25) is 9.59 Å². The van der Waals surface area contributed by atoms with E-state index in [-0.39, 0.29) is 30.3 Å². The molecule has 220 valence electrons. The molecule has 2 amide bonds. The fourth-order valence-electron chi connectivity index (χ4n) is 4.16. The number of anilines is 1. The molecule has 11 heteroatoms. The fraction of sp³-hybridized carbons (Fsp3) is 0.333.